The predicted molar refractivity (Wildman–Crippen MR) is 72.5 cm³/mol. The monoisotopic (exact) mass is 400 g/mol. The second-order valence-electron chi connectivity index (χ2n) is 3.33. The first kappa shape index (κ1) is 15.4. The third-order valence-electron chi connectivity index (χ3n) is 1.90. The molecular weight excluding hydrogens is 392 g/mol. The molecule has 1 amide bonds. The lowest BCUT2D eigenvalue weighted by atomic mass is 10.3. The average Bonchev–Trinajstić information content (AvgIpc) is 2.20. The van der Waals surface area contributed by atoms with Crippen molar-refractivity contribution in [2.45, 2.75) is 11.3 Å². The fourth-order valence-corrected chi connectivity index (χ4v) is 3.38. The standard InChI is InChI=1S/C9H10Br2N2O4S/c10-6-3-5(18(13,15)16)4-7(11)9(6)17-2-1-8(12)14/h3-4H,1-2H2,(H2,12,14)(H2,13,15,16). The number of primary amides is 1. The van der Waals surface area contributed by atoms with Crippen LogP contribution in [0.3, 0.4) is 0 Å². The topological polar surface area (TPSA) is 112 Å². The zero-order valence-electron chi connectivity index (χ0n) is 9.02. The molecule has 0 aliphatic heterocycles. The summed E-state index contributed by atoms with van der Waals surface area (Å²) in [4.78, 5) is 10.5. The predicted octanol–water partition coefficient (Wildman–Crippen LogP) is 1.11. The molecule has 100 valence electrons. The summed E-state index contributed by atoms with van der Waals surface area (Å²) in [6, 6.07) is 2.64. The van der Waals surface area contributed by atoms with Gasteiger partial charge in [-0.15, -0.1) is 0 Å². The minimum absolute atomic E-state index is 0.0523. The van der Waals surface area contributed by atoms with Crippen molar-refractivity contribution in [3.63, 3.8) is 0 Å². The maximum atomic E-state index is 11.2. The van der Waals surface area contributed by atoms with Gasteiger partial charge in [0.05, 0.1) is 26.9 Å². The molecule has 0 spiro atoms. The fourth-order valence-electron chi connectivity index (χ4n) is 1.09. The van der Waals surface area contributed by atoms with Crippen molar-refractivity contribution in [3.8, 4) is 5.75 Å². The van der Waals surface area contributed by atoms with Crippen LogP contribution >= 0.6 is 31.9 Å². The minimum atomic E-state index is -3.79. The Morgan fingerprint density at radius 2 is 1.78 bits per heavy atom. The van der Waals surface area contributed by atoms with E-state index in [1.807, 2.05) is 0 Å². The Hall–Kier alpha value is -0.640. The number of sulfonamides is 1. The van der Waals surface area contributed by atoms with Crippen molar-refractivity contribution in [1.29, 1.82) is 0 Å². The number of nitrogens with two attached hydrogens (primary N) is 2. The molecule has 1 aromatic carbocycles. The van der Waals surface area contributed by atoms with Crippen LogP contribution in [0, 0.1) is 0 Å². The first-order chi connectivity index (χ1) is 8.21. The number of hydrogen-bond acceptors (Lipinski definition) is 4. The maximum Gasteiger partial charge on any atom is 0.238 e. The SMILES string of the molecule is NC(=O)CCOc1c(Br)cc(S(N)(=O)=O)cc1Br. The third-order valence-corrected chi connectivity index (χ3v) is 3.97. The van der Waals surface area contributed by atoms with E-state index in [1.165, 1.54) is 12.1 Å². The first-order valence-electron chi connectivity index (χ1n) is 4.64. The quantitative estimate of drug-likeness (QED) is 0.769. The summed E-state index contributed by atoms with van der Waals surface area (Å²) < 4.78 is 28.5. The van der Waals surface area contributed by atoms with E-state index in [2.05, 4.69) is 31.9 Å². The highest BCUT2D eigenvalue weighted by atomic mass is 79.9. The molecule has 9 heteroatoms. The zero-order chi connectivity index (χ0) is 13.9. The number of ether oxygens (including phenoxy) is 1. The van der Waals surface area contributed by atoms with Crippen LogP contribution in [0.5, 0.6) is 5.75 Å². The largest absolute Gasteiger partial charge is 0.491 e. The Kier molecular flexibility index (Phi) is 5.14. The van der Waals surface area contributed by atoms with Gasteiger partial charge < -0.3 is 10.5 Å². The summed E-state index contributed by atoms with van der Waals surface area (Å²) in [7, 11) is -3.79. The molecule has 0 heterocycles. The van der Waals surface area contributed by atoms with E-state index < -0.39 is 15.9 Å². The lowest BCUT2D eigenvalue weighted by Gasteiger charge is -2.10. The van der Waals surface area contributed by atoms with Gasteiger partial charge in [-0.25, -0.2) is 13.6 Å². The molecule has 0 atom stereocenters. The van der Waals surface area contributed by atoms with Gasteiger partial charge in [0.2, 0.25) is 15.9 Å². The molecule has 0 aliphatic carbocycles. The molecule has 0 bridgehead atoms. The molecule has 18 heavy (non-hydrogen) atoms. The lowest BCUT2D eigenvalue weighted by molar-refractivity contribution is -0.118. The number of benzene rings is 1. The van der Waals surface area contributed by atoms with E-state index in [0.717, 1.165) is 0 Å². The summed E-state index contributed by atoms with van der Waals surface area (Å²) >= 11 is 6.33. The van der Waals surface area contributed by atoms with E-state index in [4.69, 9.17) is 15.6 Å². The summed E-state index contributed by atoms with van der Waals surface area (Å²) in [5.41, 5.74) is 4.98. The first-order valence-corrected chi connectivity index (χ1v) is 7.78. The van der Waals surface area contributed by atoms with Gasteiger partial charge in [0, 0.05) is 0 Å². The van der Waals surface area contributed by atoms with Gasteiger partial charge in [0.1, 0.15) is 5.75 Å². The van der Waals surface area contributed by atoms with Crippen LogP contribution in [0.2, 0.25) is 0 Å². The third kappa shape index (κ3) is 4.23. The lowest BCUT2D eigenvalue weighted by Crippen LogP contribution is -2.15. The summed E-state index contributed by atoms with van der Waals surface area (Å²) in [6.07, 6.45) is 0.0653. The van der Waals surface area contributed by atoms with Crippen molar-refractivity contribution in [2.24, 2.45) is 10.9 Å². The normalized spacial score (nSPS) is 11.3. The van der Waals surface area contributed by atoms with Crippen LogP contribution in [-0.4, -0.2) is 20.9 Å². The number of carbonyl (C=O) groups is 1. The smallest absolute Gasteiger partial charge is 0.238 e. The van der Waals surface area contributed by atoms with Crippen LogP contribution < -0.4 is 15.6 Å². The number of primary sulfonamides is 1. The number of rotatable bonds is 5. The maximum absolute atomic E-state index is 11.2. The van der Waals surface area contributed by atoms with Crippen molar-refractivity contribution < 1.29 is 17.9 Å². The van der Waals surface area contributed by atoms with E-state index in [1.54, 1.807) is 0 Å². The van der Waals surface area contributed by atoms with Gasteiger partial charge >= 0.3 is 0 Å². The van der Waals surface area contributed by atoms with Gasteiger partial charge in [0.25, 0.3) is 0 Å². The van der Waals surface area contributed by atoms with Gasteiger partial charge in [-0.3, -0.25) is 4.79 Å². The number of halogens is 2. The van der Waals surface area contributed by atoms with Gasteiger partial charge in [0.15, 0.2) is 0 Å². The Balaban J connectivity index is 2.99. The highest BCUT2D eigenvalue weighted by Gasteiger charge is 2.15. The Morgan fingerprint density at radius 1 is 1.28 bits per heavy atom. The molecule has 4 N–H and O–H groups in total. The highest BCUT2D eigenvalue weighted by Crippen LogP contribution is 2.35. The van der Waals surface area contributed by atoms with Crippen molar-refractivity contribution in [1.82, 2.24) is 0 Å². The molecule has 1 aromatic rings. The summed E-state index contributed by atoms with van der Waals surface area (Å²) in [5.74, 6) is -0.105. The Labute approximate surface area is 121 Å². The number of hydrogen-bond donors (Lipinski definition) is 2. The molecule has 0 aromatic heterocycles. The second-order valence-corrected chi connectivity index (χ2v) is 6.60. The highest BCUT2D eigenvalue weighted by molar-refractivity contribution is 9.11. The fraction of sp³-hybridized carbons (Fsp3) is 0.222. The number of amides is 1. The molecular formula is C9H10Br2N2O4S. The van der Waals surface area contributed by atoms with Crippen molar-refractivity contribution >= 4 is 47.8 Å². The van der Waals surface area contributed by atoms with Crippen molar-refractivity contribution in [3.05, 3.63) is 21.1 Å². The molecule has 0 unspecified atom stereocenters. The molecule has 0 radical (unpaired) electrons. The Morgan fingerprint density at radius 3 is 2.17 bits per heavy atom. The molecule has 0 aliphatic rings. The minimum Gasteiger partial charge on any atom is -0.491 e. The van der Waals surface area contributed by atoms with Gasteiger partial charge in [-0.1, -0.05) is 0 Å². The van der Waals surface area contributed by atoms with Gasteiger partial charge in [-0.2, -0.15) is 0 Å². The van der Waals surface area contributed by atoms with E-state index in [9.17, 15) is 13.2 Å². The van der Waals surface area contributed by atoms with Crippen LogP contribution in [0.25, 0.3) is 0 Å². The molecule has 0 saturated carbocycles. The van der Waals surface area contributed by atoms with E-state index in [-0.39, 0.29) is 17.9 Å². The Bertz CT molecular complexity index is 551. The second kappa shape index (κ2) is 6.00. The van der Waals surface area contributed by atoms with Crippen LogP contribution in [0.4, 0.5) is 0 Å². The molecule has 6 nitrogen and oxygen atoms in total. The van der Waals surface area contributed by atoms with E-state index in [0.29, 0.717) is 14.7 Å². The molecule has 0 fully saturated rings. The van der Waals surface area contributed by atoms with Gasteiger partial charge in [-0.05, 0) is 44.0 Å². The molecule has 1 rings (SSSR count). The zero-order valence-corrected chi connectivity index (χ0v) is 13.0. The average molecular weight is 402 g/mol. The summed E-state index contributed by atoms with van der Waals surface area (Å²) in [5, 5.41) is 5.01. The van der Waals surface area contributed by atoms with Crippen LogP contribution in [0.15, 0.2) is 26.0 Å². The molecule has 0 saturated heterocycles. The van der Waals surface area contributed by atoms with Crippen molar-refractivity contribution in [2.75, 3.05) is 6.61 Å². The summed E-state index contributed by atoms with van der Waals surface area (Å²) in [6.45, 7) is 0.0985. The van der Waals surface area contributed by atoms with Crippen LogP contribution in [-0.2, 0) is 14.8 Å². The van der Waals surface area contributed by atoms with E-state index >= 15 is 0 Å². The van der Waals surface area contributed by atoms with Crippen LogP contribution in [0.1, 0.15) is 6.42 Å². The number of carbonyl (C=O) groups excluding carboxylic acids is 1.